The lowest BCUT2D eigenvalue weighted by Crippen LogP contribution is -2.36. The second-order valence-corrected chi connectivity index (χ2v) is 8.30. The molecule has 0 bridgehead atoms. The molecule has 2 aromatic carbocycles. The summed E-state index contributed by atoms with van der Waals surface area (Å²) in [7, 11) is 0. The molecule has 34 heavy (non-hydrogen) atoms. The van der Waals surface area contributed by atoms with Crippen molar-refractivity contribution >= 4 is 22.5 Å². The van der Waals surface area contributed by atoms with Crippen molar-refractivity contribution in [2.45, 2.75) is 12.8 Å². The average Bonchev–Trinajstić information content (AvgIpc) is 2.86. The van der Waals surface area contributed by atoms with E-state index in [2.05, 4.69) is 19.9 Å². The van der Waals surface area contributed by atoms with Crippen LogP contribution in [0.15, 0.2) is 61.1 Å². The van der Waals surface area contributed by atoms with E-state index in [0.29, 0.717) is 41.2 Å². The number of ether oxygens (including phenoxy) is 1. The van der Waals surface area contributed by atoms with E-state index in [1.165, 1.54) is 12.4 Å². The Labute approximate surface area is 196 Å². The number of nitrogens with two attached hydrogens (primary N) is 1. The third-order valence-corrected chi connectivity index (χ3v) is 6.19. The molecular weight excluding hydrogens is 433 g/mol. The van der Waals surface area contributed by atoms with Gasteiger partial charge in [0.25, 0.3) is 0 Å². The van der Waals surface area contributed by atoms with Gasteiger partial charge in [0.15, 0.2) is 0 Å². The highest BCUT2D eigenvalue weighted by molar-refractivity contribution is 5.94. The number of anilines is 1. The molecule has 7 nitrogen and oxygen atoms in total. The predicted molar refractivity (Wildman–Crippen MR) is 128 cm³/mol. The van der Waals surface area contributed by atoms with Gasteiger partial charge in [-0.2, -0.15) is 0 Å². The van der Waals surface area contributed by atoms with E-state index in [1.807, 2.05) is 18.2 Å². The summed E-state index contributed by atoms with van der Waals surface area (Å²) >= 11 is 0. The second-order valence-electron chi connectivity index (χ2n) is 8.30. The number of aryl methyl sites for hydroxylation is 1. The summed E-state index contributed by atoms with van der Waals surface area (Å²) in [6.45, 7) is 4.74. The normalized spacial score (nSPS) is 14.8. The number of morpholine rings is 1. The number of carbonyl (C=O) groups is 1. The van der Waals surface area contributed by atoms with Gasteiger partial charge in [0.2, 0.25) is 5.91 Å². The Balaban J connectivity index is 1.62. The second kappa shape index (κ2) is 9.15. The molecule has 4 aromatic rings. The van der Waals surface area contributed by atoms with Crippen LogP contribution < -0.4 is 10.6 Å². The van der Waals surface area contributed by atoms with Gasteiger partial charge in [0.05, 0.1) is 30.1 Å². The van der Waals surface area contributed by atoms with Crippen molar-refractivity contribution in [2.24, 2.45) is 5.73 Å². The van der Waals surface area contributed by atoms with E-state index in [-0.39, 0.29) is 5.56 Å². The largest absolute Gasteiger partial charge is 0.378 e. The number of pyridine rings is 1. The Kier molecular flexibility index (Phi) is 5.90. The molecule has 5 rings (SSSR count). The molecule has 1 aliphatic rings. The number of nitrogens with zero attached hydrogens (tertiary/aromatic N) is 4. The van der Waals surface area contributed by atoms with Gasteiger partial charge < -0.3 is 15.4 Å². The summed E-state index contributed by atoms with van der Waals surface area (Å²) in [4.78, 5) is 27.8. The van der Waals surface area contributed by atoms with Gasteiger partial charge in [0, 0.05) is 35.9 Å². The number of fused-ring (bicyclic) bond motifs is 1. The van der Waals surface area contributed by atoms with Gasteiger partial charge in [-0.05, 0) is 60.5 Å². The highest BCUT2D eigenvalue weighted by Gasteiger charge is 2.26. The minimum atomic E-state index is -0.804. The number of hydrogen-bond donors (Lipinski definition) is 1. The molecule has 0 radical (unpaired) electrons. The van der Waals surface area contributed by atoms with Gasteiger partial charge in [0.1, 0.15) is 18.1 Å². The molecule has 0 saturated carbocycles. The van der Waals surface area contributed by atoms with Crippen LogP contribution in [-0.2, 0) is 9.53 Å². The number of benzene rings is 2. The van der Waals surface area contributed by atoms with Gasteiger partial charge in [-0.3, -0.25) is 9.78 Å². The Hall–Kier alpha value is -3.91. The van der Waals surface area contributed by atoms with Gasteiger partial charge in [-0.25, -0.2) is 14.4 Å². The van der Waals surface area contributed by atoms with Crippen LogP contribution in [0.4, 0.5) is 10.1 Å². The molecule has 0 spiro atoms. The van der Waals surface area contributed by atoms with Gasteiger partial charge >= 0.3 is 0 Å². The molecule has 1 aliphatic heterocycles. The first-order valence-electron chi connectivity index (χ1n) is 11.1. The fourth-order valence-electron chi connectivity index (χ4n) is 4.47. The summed E-state index contributed by atoms with van der Waals surface area (Å²) < 4.78 is 20.7. The van der Waals surface area contributed by atoms with Crippen molar-refractivity contribution in [3.63, 3.8) is 0 Å². The Morgan fingerprint density at radius 3 is 2.65 bits per heavy atom. The Bertz CT molecular complexity index is 1360. The SMILES string of the molecule is Cc1cc(F)c(-c2ncnc3cc(N4CCOCC4)ccc23)cc1C(C(N)=O)c1ccccn1. The summed E-state index contributed by atoms with van der Waals surface area (Å²) in [5.41, 5.74) is 9.98. The molecule has 3 heterocycles. The monoisotopic (exact) mass is 457 g/mol. The smallest absolute Gasteiger partial charge is 0.231 e. The number of hydrogen-bond acceptors (Lipinski definition) is 6. The fourth-order valence-corrected chi connectivity index (χ4v) is 4.47. The Morgan fingerprint density at radius 1 is 1.09 bits per heavy atom. The molecule has 0 aliphatic carbocycles. The molecule has 1 fully saturated rings. The fraction of sp³-hybridized carbons (Fsp3) is 0.231. The first-order valence-corrected chi connectivity index (χ1v) is 11.1. The summed E-state index contributed by atoms with van der Waals surface area (Å²) in [5.74, 6) is -1.79. The minimum Gasteiger partial charge on any atom is -0.378 e. The van der Waals surface area contributed by atoms with Crippen LogP contribution in [0.25, 0.3) is 22.2 Å². The third-order valence-electron chi connectivity index (χ3n) is 6.19. The number of aromatic nitrogens is 3. The van der Waals surface area contributed by atoms with Crippen LogP contribution in [0.2, 0.25) is 0 Å². The molecule has 2 N–H and O–H groups in total. The van der Waals surface area contributed by atoms with Crippen LogP contribution in [0, 0.1) is 12.7 Å². The molecule has 1 atom stereocenters. The molecule has 172 valence electrons. The maximum Gasteiger partial charge on any atom is 0.231 e. The standard InChI is InChI=1S/C26H24FN5O2/c1-16-12-21(27)20(14-19(16)24(26(28)33)22-4-2-3-7-29-22)25-18-6-5-17(13-23(18)30-15-31-25)32-8-10-34-11-9-32/h2-7,12-15,24H,8-11H2,1H3,(H2,28,33). The summed E-state index contributed by atoms with van der Waals surface area (Å²) in [6.07, 6.45) is 3.04. The number of halogens is 1. The van der Waals surface area contributed by atoms with E-state index in [0.717, 1.165) is 24.2 Å². The lowest BCUT2D eigenvalue weighted by Gasteiger charge is -2.29. The van der Waals surface area contributed by atoms with Crippen LogP contribution in [-0.4, -0.2) is 47.2 Å². The average molecular weight is 458 g/mol. The van der Waals surface area contributed by atoms with Crippen molar-refractivity contribution in [1.29, 1.82) is 0 Å². The van der Waals surface area contributed by atoms with E-state index < -0.39 is 17.6 Å². The highest BCUT2D eigenvalue weighted by Crippen LogP contribution is 2.35. The van der Waals surface area contributed by atoms with E-state index in [4.69, 9.17) is 10.5 Å². The molecule has 1 unspecified atom stereocenters. The lowest BCUT2D eigenvalue weighted by atomic mass is 9.88. The third kappa shape index (κ3) is 4.08. The zero-order valence-electron chi connectivity index (χ0n) is 18.7. The number of primary amides is 1. The molecular formula is C26H24FN5O2. The van der Waals surface area contributed by atoms with Crippen LogP contribution >= 0.6 is 0 Å². The predicted octanol–water partition coefficient (Wildman–Crippen LogP) is 3.59. The highest BCUT2D eigenvalue weighted by atomic mass is 19.1. The first-order chi connectivity index (χ1) is 16.5. The van der Waals surface area contributed by atoms with E-state index in [1.54, 1.807) is 37.4 Å². The van der Waals surface area contributed by atoms with Crippen molar-refractivity contribution in [3.05, 3.63) is 83.7 Å². The van der Waals surface area contributed by atoms with Crippen molar-refractivity contribution in [3.8, 4) is 11.3 Å². The van der Waals surface area contributed by atoms with Crippen molar-refractivity contribution < 1.29 is 13.9 Å². The number of rotatable bonds is 5. The summed E-state index contributed by atoms with van der Waals surface area (Å²) in [6, 6.07) is 14.3. The number of amides is 1. The van der Waals surface area contributed by atoms with E-state index >= 15 is 4.39 Å². The number of carbonyl (C=O) groups excluding carboxylic acids is 1. The minimum absolute atomic E-state index is 0.286. The Morgan fingerprint density at radius 2 is 1.91 bits per heavy atom. The maximum atomic E-state index is 15.3. The molecule has 2 aromatic heterocycles. The molecule has 1 saturated heterocycles. The topological polar surface area (TPSA) is 94.2 Å². The molecule has 8 heteroatoms. The van der Waals surface area contributed by atoms with Gasteiger partial charge in [-0.1, -0.05) is 6.07 Å². The molecule has 1 amide bonds. The van der Waals surface area contributed by atoms with Crippen LogP contribution in [0.3, 0.4) is 0 Å². The zero-order chi connectivity index (χ0) is 23.7. The first kappa shape index (κ1) is 21.9. The quantitative estimate of drug-likeness (QED) is 0.492. The lowest BCUT2D eigenvalue weighted by molar-refractivity contribution is -0.118. The van der Waals surface area contributed by atoms with E-state index in [9.17, 15) is 4.79 Å². The van der Waals surface area contributed by atoms with Crippen LogP contribution in [0.5, 0.6) is 0 Å². The maximum absolute atomic E-state index is 15.3. The summed E-state index contributed by atoms with van der Waals surface area (Å²) in [5, 5.41) is 0.724. The van der Waals surface area contributed by atoms with Crippen LogP contribution in [0.1, 0.15) is 22.7 Å². The van der Waals surface area contributed by atoms with Crippen molar-refractivity contribution in [1.82, 2.24) is 15.0 Å². The zero-order valence-corrected chi connectivity index (χ0v) is 18.7. The van der Waals surface area contributed by atoms with Crippen molar-refractivity contribution in [2.75, 3.05) is 31.2 Å². The van der Waals surface area contributed by atoms with Gasteiger partial charge in [-0.15, -0.1) is 0 Å².